The molecule has 0 aliphatic rings. The maximum atomic E-state index is 5.67. The minimum absolute atomic E-state index is 0.0468. The van der Waals surface area contributed by atoms with Crippen LogP contribution in [0.1, 0.15) is 0 Å². The summed E-state index contributed by atoms with van der Waals surface area (Å²) in [6, 6.07) is 0. The molecule has 0 aliphatic heterocycles. The summed E-state index contributed by atoms with van der Waals surface area (Å²) in [6.45, 7) is 6.80. The van der Waals surface area contributed by atoms with Gasteiger partial charge < -0.3 is 16.8 Å². The Hall–Kier alpha value is -1.42. The zero-order chi connectivity index (χ0) is 9.56. The van der Waals surface area contributed by atoms with Crippen molar-refractivity contribution in [2.45, 2.75) is 0 Å². The van der Waals surface area contributed by atoms with Gasteiger partial charge in [-0.25, -0.2) is 4.99 Å². The molecule has 4 nitrogen and oxygen atoms in total. The van der Waals surface area contributed by atoms with Crippen molar-refractivity contribution in [3.63, 3.8) is 0 Å². The van der Waals surface area contributed by atoms with Gasteiger partial charge in [-0.2, -0.15) is 0 Å². The molecule has 0 heterocycles. The lowest BCUT2D eigenvalue weighted by Crippen LogP contribution is -2.22. The molecule has 0 aliphatic carbocycles. The van der Waals surface area contributed by atoms with Gasteiger partial charge in [0, 0.05) is 6.20 Å². The Balaban J connectivity index is 4.75. The fourth-order valence-electron chi connectivity index (χ4n) is 0.509. The molecular formula is C7H11ClN4. The van der Waals surface area contributed by atoms with Crippen LogP contribution in [0.3, 0.4) is 0 Å². The van der Waals surface area contributed by atoms with Crippen LogP contribution in [0.2, 0.25) is 0 Å². The number of hydrogen-bond acceptors (Lipinski definition) is 4. The summed E-state index contributed by atoms with van der Waals surface area (Å²) in [4.78, 5) is 3.68. The summed E-state index contributed by atoms with van der Waals surface area (Å²) in [7, 11) is 0. The molecule has 0 aromatic carbocycles. The monoisotopic (exact) mass is 186 g/mol. The smallest absolute Gasteiger partial charge is 0.156 e. The van der Waals surface area contributed by atoms with E-state index in [1.54, 1.807) is 0 Å². The molecule has 0 atom stereocenters. The van der Waals surface area contributed by atoms with E-state index in [0.717, 1.165) is 0 Å². The third-order valence-corrected chi connectivity index (χ3v) is 1.23. The van der Waals surface area contributed by atoms with Crippen molar-refractivity contribution in [3.05, 3.63) is 37.1 Å². The lowest BCUT2D eigenvalue weighted by molar-refractivity contribution is 1.06. The first-order valence-electron chi connectivity index (χ1n) is 3.10. The van der Waals surface area contributed by atoms with Crippen LogP contribution in [0.15, 0.2) is 42.1 Å². The summed E-state index contributed by atoms with van der Waals surface area (Å²) in [5.41, 5.74) is 10.9. The van der Waals surface area contributed by atoms with Gasteiger partial charge in [0.1, 0.15) is 11.5 Å². The topological polar surface area (TPSA) is 76.4 Å². The summed E-state index contributed by atoms with van der Waals surface area (Å²) >= 11 is 5.67. The van der Waals surface area contributed by atoms with Crippen molar-refractivity contribution in [1.82, 2.24) is 5.32 Å². The number of aliphatic imine (C=N–C) groups is 1. The predicted octanol–water partition coefficient (Wildman–Crippen LogP) is 0.587. The summed E-state index contributed by atoms with van der Waals surface area (Å²) in [5, 5.41) is 2.79. The first-order valence-corrected chi connectivity index (χ1v) is 3.48. The van der Waals surface area contributed by atoms with Gasteiger partial charge in [0.2, 0.25) is 0 Å². The van der Waals surface area contributed by atoms with E-state index in [-0.39, 0.29) is 11.0 Å². The van der Waals surface area contributed by atoms with Crippen molar-refractivity contribution in [3.8, 4) is 0 Å². The lowest BCUT2D eigenvalue weighted by atomic mass is 10.4. The highest BCUT2D eigenvalue weighted by molar-refractivity contribution is 6.69. The first kappa shape index (κ1) is 10.6. The Morgan fingerprint density at radius 3 is 2.33 bits per heavy atom. The third kappa shape index (κ3) is 3.12. The molecule has 0 saturated carbocycles. The van der Waals surface area contributed by atoms with Crippen LogP contribution in [-0.2, 0) is 0 Å². The molecule has 0 fully saturated rings. The van der Waals surface area contributed by atoms with Gasteiger partial charge in [-0.05, 0) is 6.20 Å². The van der Waals surface area contributed by atoms with Crippen LogP contribution < -0.4 is 16.8 Å². The molecule has 5 N–H and O–H groups in total. The quantitative estimate of drug-likeness (QED) is 0.563. The Labute approximate surface area is 76.3 Å². The zero-order valence-electron chi connectivity index (χ0n) is 6.55. The summed E-state index contributed by atoms with van der Waals surface area (Å²) < 4.78 is 0. The van der Waals surface area contributed by atoms with Gasteiger partial charge in [-0.15, -0.1) is 0 Å². The second-order valence-corrected chi connectivity index (χ2v) is 2.14. The second-order valence-electron chi connectivity index (χ2n) is 1.78. The molecule has 0 bridgehead atoms. The van der Waals surface area contributed by atoms with E-state index in [9.17, 15) is 0 Å². The minimum atomic E-state index is 0.0468. The van der Waals surface area contributed by atoms with Crippen molar-refractivity contribution < 1.29 is 0 Å². The fraction of sp³-hybridized carbons (Fsp3) is 0. The number of nitrogens with zero attached hydrogens (tertiary/aromatic N) is 1. The van der Waals surface area contributed by atoms with E-state index < -0.39 is 0 Å². The van der Waals surface area contributed by atoms with E-state index in [1.807, 2.05) is 0 Å². The maximum Gasteiger partial charge on any atom is 0.156 e. The first-order chi connectivity index (χ1) is 5.63. The van der Waals surface area contributed by atoms with Crippen molar-refractivity contribution in [2.75, 3.05) is 0 Å². The number of nitrogens with one attached hydrogen (secondary N) is 1. The van der Waals surface area contributed by atoms with E-state index in [2.05, 4.69) is 23.5 Å². The maximum absolute atomic E-state index is 5.67. The standard InChI is InChI=1S/C7H11ClN4/c1-3-11-5(7(9)10)6(8)12-4-2/h3-4,11H,1-2,9-10H2/b12-6+. The van der Waals surface area contributed by atoms with Gasteiger partial charge in [0.15, 0.2) is 5.17 Å². The van der Waals surface area contributed by atoms with Crippen LogP contribution in [0.25, 0.3) is 0 Å². The SMILES string of the molecule is C=C/N=C(/Cl)C(NC=C)=C(N)N. The Morgan fingerprint density at radius 1 is 1.42 bits per heavy atom. The normalized spacial score (nSPS) is 10.2. The van der Waals surface area contributed by atoms with Crippen molar-refractivity contribution in [2.24, 2.45) is 16.5 Å². The molecular weight excluding hydrogens is 176 g/mol. The lowest BCUT2D eigenvalue weighted by Gasteiger charge is -2.05. The fourth-order valence-corrected chi connectivity index (χ4v) is 0.741. The number of halogens is 1. The van der Waals surface area contributed by atoms with Gasteiger partial charge >= 0.3 is 0 Å². The molecule has 0 unspecified atom stereocenters. The highest BCUT2D eigenvalue weighted by Gasteiger charge is 2.04. The van der Waals surface area contributed by atoms with Gasteiger partial charge in [0.25, 0.3) is 0 Å². The average molecular weight is 187 g/mol. The van der Waals surface area contributed by atoms with E-state index in [1.165, 1.54) is 12.4 Å². The molecule has 0 spiro atoms. The van der Waals surface area contributed by atoms with Gasteiger partial charge in [-0.1, -0.05) is 24.8 Å². The van der Waals surface area contributed by atoms with E-state index in [0.29, 0.717) is 5.70 Å². The predicted molar refractivity (Wildman–Crippen MR) is 52.2 cm³/mol. The van der Waals surface area contributed by atoms with E-state index in [4.69, 9.17) is 23.1 Å². The van der Waals surface area contributed by atoms with Crippen LogP contribution in [0, 0.1) is 0 Å². The Bertz CT molecular complexity index is 238. The molecule has 0 aromatic rings. The number of nitrogens with two attached hydrogens (primary N) is 2. The van der Waals surface area contributed by atoms with Crippen LogP contribution in [0.5, 0.6) is 0 Å². The number of hydrogen-bond donors (Lipinski definition) is 3. The highest BCUT2D eigenvalue weighted by Crippen LogP contribution is 2.00. The molecule has 0 saturated heterocycles. The Morgan fingerprint density at radius 2 is 2.00 bits per heavy atom. The molecule has 0 rings (SSSR count). The van der Waals surface area contributed by atoms with Crippen LogP contribution in [0.4, 0.5) is 0 Å². The molecule has 12 heavy (non-hydrogen) atoms. The largest absolute Gasteiger partial charge is 0.384 e. The summed E-state index contributed by atoms with van der Waals surface area (Å²) in [5.74, 6) is 0.0468. The third-order valence-electron chi connectivity index (χ3n) is 0.946. The number of allylic oxidation sites excluding steroid dienone is 1. The molecule has 0 radical (unpaired) electrons. The van der Waals surface area contributed by atoms with Gasteiger partial charge in [0.05, 0.1) is 0 Å². The minimum Gasteiger partial charge on any atom is -0.384 e. The molecule has 66 valence electrons. The highest BCUT2D eigenvalue weighted by atomic mass is 35.5. The Kier molecular flexibility index (Phi) is 4.64. The second kappa shape index (κ2) is 5.26. The van der Waals surface area contributed by atoms with Crippen molar-refractivity contribution >= 4 is 16.8 Å². The van der Waals surface area contributed by atoms with Crippen LogP contribution >= 0.6 is 11.6 Å². The molecule has 0 amide bonds. The van der Waals surface area contributed by atoms with E-state index >= 15 is 0 Å². The van der Waals surface area contributed by atoms with Gasteiger partial charge in [-0.3, -0.25) is 0 Å². The molecule has 5 heteroatoms. The van der Waals surface area contributed by atoms with Crippen LogP contribution in [-0.4, -0.2) is 5.17 Å². The summed E-state index contributed by atoms with van der Waals surface area (Å²) in [6.07, 6.45) is 2.69. The average Bonchev–Trinajstić information content (AvgIpc) is 1.99. The number of rotatable bonds is 4. The van der Waals surface area contributed by atoms with Crippen molar-refractivity contribution in [1.29, 1.82) is 0 Å². The zero-order valence-corrected chi connectivity index (χ0v) is 7.30. The molecule has 0 aromatic heterocycles.